The minimum Gasteiger partial charge on any atom is -0.454 e. The smallest absolute Gasteiger partial charge is 0.325 e. The molecule has 1 heterocycles. The van der Waals surface area contributed by atoms with Gasteiger partial charge in [-0.3, -0.25) is 14.4 Å². The molecule has 0 atom stereocenters. The van der Waals surface area contributed by atoms with E-state index in [9.17, 15) is 14.4 Å². The van der Waals surface area contributed by atoms with E-state index in [0.717, 1.165) is 37.9 Å². The highest BCUT2D eigenvalue weighted by Gasteiger charge is 2.18. The van der Waals surface area contributed by atoms with E-state index in [-0.39, 0.29) is 30.4 Å². The lowest BCUT2D eigenvalue weighted by atomic mass is 9.87. The van der Waals surface area contributed by atoms with Gasteiger partial charge in [0.1, 0.15) is 6.54 Å². The van der Waals surface area contributed by atoms with Gasteiger partial charge in [-0.05, 0) is 42.4 Å². The van der Waals surface area contributed by atoms with Gasteiger partial charge in [0, 0.05) is 18.7 Å². The zero-order valence-corrected chi connectivity index (χ0v) is 15.8. The van der Waals surface area contributed by atoms with E-state index in [1.165, 1.54) is 0 Å². The lowest BCUT2D eigenvalue weighted by Gasteiger charge is -2.26. The second-order valence-corrected chi connectivity index (χ2v) is 7.61. The summed E-state index contributed by atoms with van der Waals surface area (Å²) in [6.45, 7) is 7.22. The quantitative estimate of drug-likeness (QED) is 0.818. The van der Waals surface area contributed by atoms with Gasteiger partial charge in [-0.1, -0.05) is 32.9 Å². The maximum atomic E-state index is 12.1. The van der Waals surface area contributed by atoms with Gasteiger partial charge in [-0.2, -0.15) is 0 Å². The van der Waals surface area contributed by atoms with E-state index in [1.54, 1.807) is 17.0 Å². The first kappa shape index (κ1) is 19.9. The molecule has 2 rings (SSSR count). The van der Waals surface area contributed by atoms with Crippen molar-refractivity contribution in [1.29, 1.82) is 0 Å². The van der Waals surface area contributed by atoms with Crippen LogP contribution in [0.4, 0.5) is 0 Å². The molecule has 2 amide bonds. The van der Waals surface area contributed by atoms with Gasteiger partial charge in [-0.25, -0.2) is 0 Å². The second-order valence-electron chi connectivity index (χ2n) is 7.61. The van der Waals surface area contributed by atoms with Crippen molar-refractivity contribution in [2.45, 2.75) is 45.4 Å². The number of benzene rings is 1. The molecule has 0 bridgehead atoms. The highest BCUT2D eigenvalue weighted by Crippen LogP contribution is 2.22. The van der Waals surface area contributed by atoms with Crippen molar-refractivity contribution in [2.75, 3.05) is 26.2 Å². The summed E-state index contributed by atoms with van der Waals surface area (Å²) in [6, 6.07) is 7.29. The third-order valence-electron chi connectivity index (χ3n) is 4.47. The number of esters is 1. The summed E-state index contributed by atoms with van der Waals surface area (Å²) in [5.74, 6) is -1.14. The first-order valence-electron chi connectivity index (χ1n) is 9.09. The van der Waals surface area contributed by atoms with Crippen molar-refractivity contribution in [1.82, 2.24) is 10.2 Å². The SMILES string of the molecule is CC(C)(C)c1ccc(C(=O)NCC(=O)OCC(=O)N2CCCCC2)cc1. The molecule has 1 aromatic carbocycles. The third kappa shape index (κ3) is 5.86. The zero-order chi connectivity index (χ0) is 19.2. The predicted molar refractivity (Wildman–Crippen MR) is 98.9 cm³/mol. The van der Waals surface area contributed by atoms with Gasteiger partial charge in [0.25, 0.3) is 11.8 Å². The summed E-state index contributed by atoms with van der Waals surface area (Å²) in [5.41, 5.74) is 1.62. The number of nitrogens with zero attached hydrogens (tertiary/aromatic N) is 1. The fourth-order valence-electron chi connectivity index (χ4n) is 2.80. The molecule has 0 unspecified atom stereocenters. The molecule has 26 heavy (non-hydrogen) atoms. The van der Waals surface area contributed by atoms with Gasteiger partial charge in [0.15, 0.2) is 6.61 Å². The number of likely N-dealkylation sites (tertiary alicyclic amines) is 1. The monoisotopic (exact) mass is 360 g/mol. The topological polar surface area (TPSA) is 75.7 Å². The number of piperidine rings is 1. The van der Waals surface area contributed by atoms with Crippen LogP contribution in [0.5, 0.6) is 0 Å². The van der Waals surface area contributed by atoms with Crippen LogP contribution in [-0.2, 0) is 19.7 Å². The van der Waals surface area contributed by atoms with E-state index in [2.05, 4.69) is 26.1 Å². The van der Waals surface area contributed by atoms with Gasteiger partial charge in [-0.15, -0.1) is 0 Å². The summed E-state index contributed by atoms with van der Waals surface area (Å²) in [6.07, 6.45) is 3.11. The Labute approximate surface area is 154 Å². The predicted octanol–water partition coefficient (Wildman–Crippen LogP) is 2.27. The normalized spacial score (nSPS) is 14.7. The Balaban J connectivity index is 1.74. The molecule has 1 aromatic rings. The largest absolute Gasteiger partial charge is 0.454 e. The highest BCUT2D eigenvalue weighted by atomic mass is 16.5. The van der Waals surface area contributed by atoms with Crippen LogP contribution < -0.4 is 5.32 Å². The lowest BCUT2D eigenvalue weighted by Crippen LogP contribution is -2.39. The number of rotatable bonds is 5. The van der Waals surface area contributed by atoms with E-state index in [0.29, 0.717) is 5.56 Å². The molecule has 0 aliphatic carbocycles. The van der Waals surface area contributed by atoms with Crippen LogP contribution in [0.3, 0.4) is 0 Å². The molecule has 6 heteroatoms. The molecule has 0 saturated carbocycles. The summed E-state index contributed by atoms with van der Waals surface area (Å²) in [5, 5.41) is 2.52. The number of hydrogen-bond acceptors (Lipinski definition) is 4. The average Bonchev–Trinajstić information content (AvgIpc) is 2.64. The molecular formula is C20H28N2O4. The van der Waals surface area contributed by atoms with Crippen molar-refractivity contribution >= 4 is 17.8 Å². The molecule has 1 N–H and O–H groups in total. The van der Waals surface area contributed by atoms with E-state index in [1.807, 2.05) is 12.1 Å². The molecule has 1 aliphatic rings. The van der Waals surface area contributed by atoms with Crippen molar-refractivity contribution < 1.29 is 19.1 Å². The Morgan fingerprint density at radius 2 is 1.65 bits per heavy atom. The van der Waals surface area contributed by atoms with Crippen molar-refractivity contribution in [2.24, 2.45) is 0 Å². The number of amides is 2. The first-order chi connectivity index (χ1) is 12.3. The van der Waals surface area contributed by atoms with Crippen molar-refractivity contribution in [3.63, 3.8) is 0 Å². The molecular weight excluding hydrogens is 332 g/mol. The van der Waals surface area contributed by atoms with Gasteiger partial charge >= 0.3 is 5.97 Å². The zero-order valence-electron chi connectivity index (χ0n) is 15.8. The third-order valence-corrected chi connectivity index (χ3v) is 4.47. The number of hydrogen-bond donors (Lipinski definition) is 1. The highest BCUT2D eigenvalue weighted by molar-refractivity contribution is 5.96. The Hall–Kier alpha value is -2.37. The molecule has 1 aliphatic heterocycles. The molecule has 0 radical (unpaired) electrons. The summed E-state index contributed by atoms with van der Waals surface area (Å²) in [7, 11) is 0. The minimum absolute atomic E-state index is 0.0136. The van der Waals surface area contributed by atoms with Crippen LogP contribution >= 0.6 is 0 Å². The number of ether oxygens (including phenoxy) is 1. The van der Waals surface area contributed by atoms with Gasteiger partial charge < -0.3 is 15.0 Å². The van der Waals surface area contributed by atoms with Crippen LogP contribution in [0, 0.1) is 0 Å². The number of carbonyl (C=O) groups excluding carboxylic acids is 3. The molecule has 1 fully saturated rings. The van der Waals surface area contributed by atoms with Crippen LogP contribution in [0.15, 0.2) is 24.3 Å². The Kier molecular flexibility index (Phi) is 6.77. The Bertz CT molecular complexity index is 641. The maximum absolute atomic E-state index is 12.1. The summed E-state index contributed by atoms with van der Waals surface area (Å²) in [4.78, 5) is 37.5. The summed E-state index contributed by atoms with van der Waals surface area (Å²) < 4.78 is 4.96. The summed E-state index contributed by atoms with van der Waals surface area (Å²) >= 11 is 0. The van der Waals surface area contributed by atoms with Crippen LogP contribution in [0.1, 0.15) is 56.0 Å². The molecule has 0 aromatic heterocycles. The van der Waals surface area contributed by atoms with Gasteiger partial charge in [0.2, 0.25) is 0 Å². The standard InChI is InChI=1S/C20H28N2O4/c1-20(2,3)16-9-7-15(8-10-16)19(25)21-13-18(24)26-14-17(23)22-11-5-4-6-12-22/h7-10H,4-6,11-14H2,1-3H3,(H,21,25). The Morgan fingerprint density at radius 1 is 1.04 bits per heavy atom. The second kappa shape index (κ2) is 8.83. The molecule has 1 saturated heterocycles. The van der Waals surface area contributed by atoms with E-state index in [4.69, 9.17) is 4.74 Å². The fourth-order valence-corrected chi connectivity index (χ4v) is 2.80. The maximum Gasteiger partial charge on any atom is 0.325 e. The Morgan fingerprint density at radius 3 is 2.23 bits per heavy atom. The molecule has 142 valence electrons. The van der Waals surface area contributed by atoms with E-state index < -0.39 is 5.97 Å². The number of nitrogens with one attached hydrogen (secondary N) is 1. The number of carbonyl (C=O) groups is 3. The fraction of sp³-hybridized carbons (Fsp3) is 0.550. The first-order valence-corrected chi connectivity index (χ1v) is 9.09. The van der Waals surface area contributed by atoms with E-state index >= 15 is 0 Å². The minimum atomic E-state index is -0.616. The molecule has 6 nitrogen and oxygen atoms in total. The van der Waals surface area contributed by atoms with Crippen LogP contribution in [0.2, 0.25) is 0 Å². The van der Waals surface area contributed by atoms with Crippen LogP contribution in [0.25, 0.3) is 0 Å². The van der Waals surface area contributed by atoms with Gasteiger partial charge in [0.05, 0.1) is 0 Å². The average molecular weight is 360 g/mol. The van der Waals surface area contributed by atoms with Crippen LogP contribution in [-0.4, -0.2) is 48.9 Å². The molecule has 0 spiro atoms. The van der Waals surface area contributed by atoms with Crippen molar-refractivity contribution in [3.8, 4) is 0 Å². The van der Waals surface area contributed by atoms with Crippen molar-refractivity contribution in [3.05, 3.63) is 35.4 Å². The lowest BCUT2D eigenvalue weighted by molar-refractivity contribution is -0.151.